The van der Waals surface area contributed by atoms with Crippen molar-refractivity contribution in [1.82, 2.24) is 19.4 Å². The molecule has 0 bridgehead atoms. The highest BCUT2D eigenvalue weighted by Crippen LogP contribution is 2.22. The van der Waals surface area contributed by atoms with E-state index < -0.39 is 21.7 Å². The Balaban J connectivity index is 1.50. The molecule has 0 aliphatic carbocycles. The average molecular weight is 435 g/mol. The van der Waals surface area contributed by atoms with Crippen LogP contribution in [0, 0.1) is 0 Å². The minimum atomic E-state index is -3.63. The molecule has 1 saturated heterocycles. The summed E-state index contributed by atoms with van der Waals surface area (Å²) in [6, 6.07) is 7.96. The minimum Gasteiger partial charge on any atom is -0.356 e. The molecule has 3 aromatic rings. The second kappa shape index (κ2) is 7.89. The number of sulfonamides is 1. The molecule has 1 aromatic carbocycles. The molecule has 1 aliphatic rings. The predicted molar refractivity (Wildman–Crippen MR) is 107 cm³/mol. The van der Waals surface area contributed by atoms with Gasteiger partial charge in [0.1, 0.15) is 10.6 Å². The third kappa shape index (κ3) is 4.13. The van der Waals surface area contributed by atoms with Crippen LogP contribution >= 0.6 is 11.8 Å². The number of benzene rings is 1. The SMILES string of the molecule is O=C(Nc1cccc(-c2noc(=O)[nH]2)c1)c1cc(S(=O)(=O)N2CCSCC2)c[nH]1. The standard InChI is InChI=1S/C17H17N5O5S2/c23-16(19-12-3-1-2-11(8-12)15-20-17(24)27-21-15)14-9-13(10-18-14)29(25,26)22-4-6-28-7-5-22/h1-3,8-10,18H,4-7H2,(H,19,23)(H,20,21,24). The maximum atomic E-state index is 12.7. The van der Waals surface area contributed by atoms with E-state index in [0.717, 1.165) is 11.5 Å². The van der Waals surface area contributed by atoms with Gasteiger partial charge >= 0.3 is 5.76 Å². The minimum absolute atomic E-state index is 0.0588. The first-order valence-corrected chi connectivity index (χ1v) is 11.3. The molecule has 3 heterocycles. The maximum absolute atomic E-state index is 12.7. The van der Waals surface area contributed by atoms with Gasteiger partial charge in [-0.25, -0.2) is 13.2 Å². The highest BCUT2D eigenvalue weighted by molar-refractivity contribution is 7.99. The summed E-state index contributed by atoms with van der Waals surface area (Å²) < 4.78 is 31.3. The topological polar surface area (TPSA) is 141 Å². The lowest BCUT2D eigenvalue weighted by Crippen LogP contribution is -2.37. The van der Waals surface area contributed by atoms with E-state index in [0.29, 0.717) is 24.3 Å². The van der Waals surface area contributed by atoms with E-state index in [9.17, 15) is 18.0 Å². The monoisotopic (exact) mass is 435 g/mol. The predicted octanol–water partition coefficient (Wildman–Crippen LogP) is 1.35. The van der Waals surface area contributed by atoms with Crippen LogP contribution in [-0.2, 0) is 10.0 Å². The van der Waals surface area contributed by atoms with E-state index in [1.54, 1.807) is 36.0 Å². The van der Waals surface area contributed by atoms with Crippen LogP contribution in [0.1, 0.15) is 10.5 Å². The molecule has 152 valence electrons. The molecule has 0 radical (unpaired) electrons. The molecular formula is C17H17N5O5S2. The van der Waals surface area contributed by atoms with Crippen LogP contribution in [0.2, 0.25) is 0 Å². The lowest BCUT2D eigenvalue weighted by Gasteiger charge is -2.24. The quantitative estimate of drug-likeness (QED) is 0.549. The Labute approximate surface area is 169 Å². The maximum Gasteiger partial charge on any atom is 0.439 e. The number of rotatable bonds is 5. The molecule has 0 saturated carbocycles. The molecule has 2 aromatic heterocycles. The van der Waals surface area contributed by atoms with Crippen LogP contribution in [0.15, 0.2) is 50.7 Å². The number of aromatic amines is 2. The normalized spacial score (nSPS) is 15.3. The van der Waals surface area contributed by atoms with Gasteiger partial charge in [-0.2, -0.15) is 16.1 Å². The van der Waals surface area contributed by atoms with Crippen LogP contribution in [0.5, 0.6) is 0 Å². The van der Waals surface area contributed by atoms with Gasteiger partial charge in [0.05, 0.1) is 0 Å². The average Bonchev–Trinajstić information content (AvgIpc) is 3.39. The van der Waals surface area contributed by atoms with Gasteiger partial charge in [-0.15, -0.1) is 0 Å². The van der Waals surface area contributed by atoms with E-state index in [-0.39, 0.29) is 16.4 Å². The Kier molecular flexibility index (Phi) is 5.30. The Hall–Kier alpha value is -2.83. The van der Waals surface area contributed by atoms with E-state index in [2.05, 4.69) is 25.0 Å². The number of hydrogen-bond donors (Lipinski definition) is 3. The Morgan fingerprint density at radius 1 is 1.24 bits per heavy atom. The summed E-state index contributed by atoms with van der Waals surface area (Å²) in [6.45, 7) is 0.910. The number of hydrogen-bond acceptors (Lipinski definition) is 7. The molecule has 29 heavy (non-hydrogen) atoms. The van der Waals surface area contributed by atoms with Crippen molar-refractivity contribution in [2.45, 2.75) is 4.90 Å². The summed E-state index contributed by atoms with van der Waals surface area (Å²) in [5.41, 5.74) is 1.12. The van der Waals surface area contributed by atoms with Crippen molar-refractivity contribution in [2.24, 2.45) is 0 Å². The molecule has 0 spiro atoms. The van der Waals surface area contributed by atoms with E-state index in [4.69, 9.17) is 0 Å². The zero-order chi connectivity index (χ0) is 20.4. The molecule has 3 N–H and O–H groups in total. The number of H-pyrrole nitrogens is 2. The molecule has 0 atom stereocenters. The van der Waals surface area contributed by atoms with Gasteiger partial charge in [0.25, 0.3) is 5.91 Å². The van der Waals surface area contributed by atoms with Crippen LogP contribution in [0.4, 0.5) is 5.69 Å². The molecule has 10 nitrogen and oxygen atoms in total. The fourth-order valence-electron chi connectivity index (χ4n) is 2.89. The van der Waals surface area contributed by atoms with Crippen LogP contribution < -0.4 is 11.1 Å². The molecule has 1 aliphatic heterocycles. The largest absolute Gasteiger partial charge is 0.439 e. The fourth-order valence-corrected chi connectivity index (χ4v) is 5.46. The van der Waals surface area contributed by atoms with Crippen molar-refractivity contribution in [2.75, 3.05) is 29.9 Å². The molecule has 1 amide bonds. The molecule has 12 heteroatoms. The van der Waals surface area contributed by atoms with Crippen molar-refractivity contribution >= 4 is 33.4 Å². The van der Waals surface area contributed by atoms with E-state index in [1.807, 2.05) is 0 Å². The summed E-state index contributed by atoms with van der Waals surface area (Å²) >= 11 is 1.71. The zero-order valence-corrected chi connectivity index (χ0v) is 16.7. The number of carbonyl (C=O) groups excluding carboxylic acids is 1. The number of carbonyl (C=O) groups is 1. The molecule has 4 rings (SSSR count). The fraction of sp³-hybridized carbons (Fsp3) is 0.235. The van der Waals surface area contributed by atoms with Crippen molar-refractivity contribution in [3.63, 3.8) is 0 Å². The number of anilines is 1. The second-order valence-electron chi connectivity index (χ2n) is 6.24. The zero-order valence-electron chi connectivity index (χ0n) is 15.0. The summed E-state index contributed by atoms with van der Waals surface area (Å²) in [4.78, 5) is 28.8. The number of nitrogens with zero attached hydrogens (tertiary/aromatic N) is 2. The summed E-state index contributed by atoms with van der Waals surface area (Å²) in [6.07, 6.45) is 1.32. The summed E-state index contributed by atoms with van der Waals surface area (Å²) in [5, 5.41) is 6.29. The highest BCUT2D eigenvalue weighted by Gasteiger charge is 2.27. The van der Waals surface area contributed by atoms with Crippen molar-refractivity contribution in [3.8, 4) is 11.4 Å². The molecule has 0 unspecified atom stereocenters. The van der Waals surface area contributed by atoms with Crippen molar-refractivity contribution in [1.29, 1.82) is 0 Å². The summed E-state index contributed by atoms with van der Waals surface area (Å²) in [7, 11) is -3.63. The van der Waals surface area contributed by atoms with Gasteiger partial charge in [-0.1, -0.05) is 17.3 Å². The Morgan fingerprint density at radius 3 is 2.76 bits per heavy atom. The Bertz CT molecular complexity index is 1190. The number of amides is 1. The summed E-state index contributed by atoms with van der Waals surface area (Å²) in [5.74, 6) is 0.571. The highest BCUT2D eigenvalue weighted by atomic mass is 32.2. The number of aromatic nitrogens is 3. The van der Waals surface area contributed by atoms with Crippen molar-refractivity contribution < 1.29 is 17.7 Å². The molecular weight excluding hydrogens is 418 g/mol. The van der Waals surface area contributed by atoms with Gasteiger partial charge < -0.3 is 10.3 Å². The first-order chi connectivity index (χ1) is 13.9. The van der Waals surface area contributed by atoms with Crippen LogP contribution in [-0.4, -0.2) is 58.4 Å². The van der Waals surface area contributed by atoms with Crippen LogP contribution in [0.25, 0.3) is 11.4 Å². The number of nitrogens with one attached hydrogen (secondary N) is 3. The lowest BCUT2D eigenvalue weighted by molar-refractivity contribution is 0.102. The Morgan fingerprint density at radius 2 is 2.03 bits per heavy atom. The molecule has 1 fully saturated rings. The third-order valence-electron chi connectivity index (χ3n) is 4.34. The van der Waals surface area contributed by atoms with E-state index >= 15 is 0 Å². The van der Waals surface area contributed by atoms with Gasteiger partial charge in [0.2, 0.25) is 10.0 Å². The second-order valence-corrected chi connectivity index (χ2v) is 9.41. The van der Waals surface area contributed by atoms with Crippen molar-refractivity contribution in [3.05, 3.63) is 52.8 Å². The van der Waals surface area contributed by atoms with Gasteiger partial charge in [-0.05, 0) is 18.2 Å². The first-order valence-electron chi connectivity index (χ1n) is 8.67. The van der Waals surface area contributed by atoms with Gasteiger partial charge in [0.15, 0.2) is 5.82 Å². The van der Waals surface area contributed by atoms with E-state index in [1.165, 1.54) is 16.6 Å². The smallest absolute Gasteiger partial charge is 0.356 e. The van der Waals surface area contributed by atoms with Gasteiger partial charge in [0, 0.05) is 42.0 Å². The first kappa shape index (κ1) is 19.5. The van der Waals surface area contributed by atoms with Crippen LogP contribution in [0.3, 0.4) is 0 Å². The van der Waals surface area contributed by atoms with Gasteiger partial charge in [-0.3, -0.25) is 14.3 Å². The lowest BCUT2D eigenvalue weighted by atomic mass is 10.2. The third-order valence-corrected chi connectivity index (χ3v) is 7.16. The number of thioether (sulfide) groups is 1.